The van der Waals surface area contributed by atoms with E-state index >= 15 is 0 Å². The molecule has 5 aromatic rings. The highest BCUT2D eigenvalue weighted by Gasteiger charge is 2.26. The summed E-state index contributed by atoms with van der Waals surface area (Å²) in [5.41, 5.74) is 2.25. The third-order valence-corrected chi connectivity index (χ3v) is 8.64. The number of hydrogen-bond donors (Lipinski definition) is 0. The lowest BCUT2D eigenvalue weighted by molar-refractivity contribution is 0.470. The number of aryl methyl sites for hydroxylation is 4. The zero-order chi connectivity index (χ0) is 28.1. The first-order valence-electron chi connectivity index (χ1n) is 12.1. The smallest absolute Gasteiger partial charge is 0.275 e. The standard InChI is InChI=1S/C29H26ClN3O5S/c1-18-9-8-10-19(2)28(18)38-24-16-31(3)26(34)14-21(24)23-15-32(4)29(35)27-22(23)13-25(30)33(27)39(36,37)17-20-11-6-5-7-12-20/h5-16H,17H2,1-4H3. The van der Waals surface area contributed by atoms with Crippen molar-refractivity contribution in [1.29, 1.82) is 0 Å². The highest BCUT2D eigenvalue weighted by Crippen LogP contribution is 2.39. The molecule has 0 aliphatic rings. The van der Waals surface area contributed by atoms with Crippen LogP contribution in [0.1, 0.15) is 16.7 Å². The zero-order valence-corrected chi connectivity index (χ0v) is 23.4. The van der Waals surface area contributed by atoms with Gasteiger partial charge in [-0.25, -0.2) is 12.4 Å². The van der Waals surface area contributed by atoms with Gasteiger partial charge in [0.2, 0.25) is 10.0 Å². The lowest BCUT2D eigenvalue weighted by Gasteiger charge is -2.17. The predicted octanol–water partition coefficient (Wildman–Crippen LogP) is 5.15. The van der Waals surface area contributed by atoms with E-state index in [0.29, 0.717) is 33.6 Å². The molecule has 0 atom stereocenters. The number of rotatable bonds is 6. The SMILES string of the molecule is Cc1cccc(C)c1Oc1cn(C)c(=O)cc1-c1cn(C)c(=O)c2c1cc(Cl)n2S(=O)(=O)Cc1ccccc1. The Labute approximate surface area is 230 Å². The van der Waals surface area contributed by atoms with E-state index < -0.39 is 15.6 Å². The van der Waals surface area contributed by atoms with E-state index in [1.54, 1.807) is 49.8 Å². The Morgan fingerprint density at radius 1 is 0.846 bits per heavy atom. The molecule has 0 saturated heterocycles. The molecule has 0 amide bonds. The van der Waals surface area contributed by atoms with Gasteiger partial charge in [-0.3, -0.25) is 9.59 Å². The molecule has 0 radical (unpaired) electrons. The number of halogens is 1. The summed E-state index contributed by atoms with van der Waals surface area (Å²) in [5.74, 6) is 0.655. The van der Waals surface area contributed by atoms with Crippen LogP contribution in [0.15, 0.2) is 82.6 Å². The summed E-state index contributed by atoms with van der Waals surface area (Å²) < 4.78 is 37.0. The van der Waals surface area contributed by atoms with Crippen LogP contribution in [0.4, 0.5) is 0 Å². The third-order valence-electron chi connectivity index (χ3n) is 6.62. The van der Waals surface area contributed by atoms with Gasteiger partial charge in [0.05, 0.1) is 11.9 Å². The van der Waals surface area contributed by atoms with Gasteiger partial charge >= 0.3 is 0 Å². The zero-order valence-electron chi connectivity index (χ0n) is 21.8. The maximum atomic E-state index is 13.5. The van der Waals surface area contributed by atoms with Crippen molar-refractivity contribution >= 4 is 32.5 Å². The second-order valence-corrected chi connectivity index (χ2v) is 11.7. The van der Waals surface area contributed by atoms with Crippen LogP contribution in [-0.2, 0) is 29.9 Å². The van der Waals surface area contributed by atoms with Crippen LogP contribution in [0.25, 0.3) is 22.0 Å². The summed E-state index contributed by atoms with van der Waals surface area (Å²) in [7, 11) is -0.940. The highest BCUT2D eigenvalue weighted by atomic mass is 35.5. The average Bonchev–Trinajstić information content (AvgIpc) is 3.24. The van der Waals surface area contributed by atoms with Crippen LogP contribution in [-0.4, -0.2) is 21.5 Å². The van der Waals surface area contributed by atoms with Crippen molar-refractivity contribution in [1.82, 2.24) is 13.1 Å². The molecule has 3 aromatic heterocycles. The molecular weight excluding hydrogens is 538 g/mol. The van der Waals surface area contributed by atoms with E-state index in [1.807, 2.05) is 32.0 Å². The van der Waals surface area contributed by atoms with Gasteiger partial charge in [-0.1, -0.05) is 60.1 Å². The van der Waals surface area contributed by atoms with Gasteiger partial charge < -0.3 is 13.9 Å². The molecule has 0 aliphatic heterocycles. The van der Waals surface area contributed by atoms with Gasteiger partial charge in [0.25, 0.3) is 11.1 Å². The van der Waals surface area contributed by atoms with E-state index in [2.05, 4.69) is 0 Å². The number of fused-ring (bicyclic) bond motifs is 1. The van der Waals surface area contributed by atoms with Gasteiger partial charge in [0, 0.05) is 42.9 Å². The van der Waals surface area contributed by atoms with Crippen LogP contribution < -0.4 is 15.9 Å². The molecule has 200 valence electrons. The van der Waals surface area contributed by atoms with Gasteiger partial charge in [-0.2, -0.15) is 0 Å². The van der Waals surface area contributed by atoms with Crippen LogP contribution in [0, 0.1) is 13.8 Å². The fraction of sp³-hybridized carbons (Fsp3) is 0.172. The van der Waals surface area contributed by atoms with E-state index in [1.165, 1.54) is 28.3 Å². The first kappa shape index (κ1) is 26.5. The summed E-state index contributed by atoms with van der Waals surface area (Å²) in [6.45, 7) is 3.85. The molecule has 3 heterocycles. The number of benzene rings is 2. The van der Waals surface area contributed by atoms with Crippen molar-refractivity contribution in [2.24, 2.45) is 14.1 Å². The van der Waals surface area contributed by atoms with Crippen LogP contribution in [0.2, 0.25) is 5.15 Å². The molecule has 0 N–H and O–H groups in total. The fourth-order valence-corrected chi connectivity index (χ4v) is 6.69. The topological polar surface area (TPSA) is 92.3 Å². The second-order valence-electron chi connectivity index (χ2n) is 9.52. The molecule has 10 heteroatoms. The van der Waals surface area contributed by atoms with Crippen molar-refractivity contribution in [2.75, 3.05) is 0 Å². The van der Waals surface area contributed by atoms with E-state index in [0.717, 1.165) is 15.1 Å². The van der Waals surface area contributed by atoms with E-state index in [-0.39, 0.29) is 22.0 Å². The maximum absolute atomic E-state index is 13.5. The number of aromatic nitrogens is 3. The summed E-state index contributed by atoms with van der Waals surface area (Å²) in [6.07, 6.45) is 3.13. The maximum Gasteiger partial charge on any atom is 0.275 e. The molecule has 0 saturated carbocycles. The van der Waals surface area contributed by atoms with E-state index in [9.17, 15) is 18.0 Å². The summed E-state index contributed by atoms with van der Waals surface area (Å²) in [5, 5.41) is 0.158. The number of pyridine rings is 2. The number of hydrogen-bond acceptors (Lipinski definition) is 5. The van der Waals surface area contributed by atoms with Gasteiger partial charge in [0.1, 0.15) is 16.4 Å². The van der Waals surface area contributed by atoms with Crippen molar-refractivity contribution in [3.8, 4) is 22.6 Å². The fourth-order valence-electron chi connectivity index (χ4n) is 4.66. The number of nitrogens with zero attached hydrogens (tertiary/aromatic N) is 3. The first-order chi connectivity index (χ1) is 18.5. The average molecular weight is 564 g/mol. The minimum atomic E-state index is -4.08. The number of ether oxygens (including phenoxy) is 1. The Kier molecular flexibility index (Phi) is 6.74. The molecule has 8 nitrogen and oxygen atoms in total. The van der Waals surface area contributed by atoms with Crippen molar-refractivity contribution in [2.45, 2.75) is 19.6 Å². The molecule has 39 heavy (non-hydrogen) atoms. The second kappa shape index (κ2) is 9.91. The third kappa shape index (κ3) is 4.79. The predicted molar refractivity (Wildman–Crippen MR) is 153 cm³/mol. The minimum absolute atomic E-state index is 0.102. The Bertz CT molecular complexity index is 1950. The van der Waals surface area contributed by atoms with Crippen LogP contribution in [0.3, 0.4) is 0 Å². The largest absolute Gasteiger partial charge is 0.455 e. The van der Waals surface area contributed by atoms with E-state index in [4.69, 9.17) is 16.3 Å². The monoisotopic (exact) mass is 563 g/mol. The Hall–Kier alpha value is -4.08. The molecule has 0 fully saturated rings. The highest BCUT2D eigenvalue weighted by molar-refractivity contribution is 7.89. The van der Waals surface area contributed by atoms with Crippen molar-refractivity contribution in [3.05, 3.63) is 116 Å². The number of para-hydroxylation sites is 1. The van der Waals surface area contributed by atoms with Gasteiger partial charge in [-0.15, -0.1) is 0 Å². The normalized spacial score (nSPS) is 11.7. The lowest BCUT2D eigenvalue weighted by atomic mass is 10.0. The molecule has 0 spiro atoms. The lowest BCUT2D eigenvalue weighted by Crippen LogP contribution is -2.24. The molecule has 0 bridgehead atoms. The Balaban J connectivity index is 1.77. The Morgan fingerprint density at radius 3 is 2.18 bits per heavy atom. The molecule has 0 aliphatic carbocycles. The van der Waals surface area contributed by atoms with Crippen LogP contribution in [0.5, 0.6) is 11.5 Å². The quantitative estimate of drug-likeness (QED) is 0.285. The minimum Gasteiger partial charge on any atom is -0.455 e. The van der Waals surface area contributed by atoms with Crippen molar-refractivity contribution < 1.29 is 13.2 Å². The first-order valence-corrected chi connectivity index (χ1v) is 14.1. The van der Waals surface area contributed by atoms with Crippen molar-refractivity contribution in [3.63, 3.8) is 0 Å². The molecule has 2 aromatic carbocycles. The molecular formula is C29H26ClN3O5S. The molecule has 5 rings (SSSR count). The summed E-state index contributed by atoms with van der Waals surface area (Å²) >= 11 is 6.51. The molecule has 0 unspecified atom stereocenters. The van der Waals surface area contributed by atoms with Crippen LogP contribution >= 0.6 is 11.6 Å². The van der Waals surface area contributed by atoms with Gasteiger partial charge in [0.15, 0.2) is 5.75 Å². The summed E-state index contributed by atoms with van der Waals surface area (Å²) in [4.78, 5) is 26.1. The van der Waals surface area contributed by atoms with Gasteiger partial charge in [-0.05, 0) is 36.6 Å². The Morgan fingerprint density at radius 2 is 1.51 bits per heavy atom. The summed E-state index contributed by atoms with van der Waals surface area (Å²) in [6, 6.07) is 17.3.